The van der Waals surface area contributed by atoms with E-state index in [-0.39, 0.29) is 0 Å². The van der Waals surface area contributed by atoms with Gasteiger partial charge < -0.3 is 10.1 Å². The maximum atomic E-state index is 5.13. The fourth-order valence-electron chi connectivity index (χ4n) is 2.40. The van der Waals surface area contributed by atoms with Crippen LogP contribution >= 0.6 is 0 Å². The molecule has 0 aliphatic heterocycles. The summed E-state index contributed by atoms with van der Waals surface area (Å²) in [7, 11) is 1.77. The Hall–Kier alpha value is -0.0800. The summed E-state index contributed by atoms with van der Waals surface area (Å²) in [6, 6.07) is 1.21. The molecule has 1 saturated carbocycles. The Labute approximate surface area is 88.4 Å². The van der Waals surface area contributed by atoms with E-state index in [1.807, 2.05) is 0 Å². The molecule has 0 saturated heterocycles. The molecule has 1 rings (SSSR count). The van der Waals surface area contributed by atoms with Crippen LogP contribution in [-0.4, -0.2) is 25.8 Å². The Morgan fingerprint density at radius 1 is 1.29 bits per heavy atom. The van der Waals surface area contributed by atoms with E-state index in [2.05, 4.69) is 26.1 Å². The van der Waals surface area contributed by atoms with Crippen LogP contribution in [-0.2, 0) is 4.74 Å². The first-order valence-electron chi connectivity index (χ1n) is 5.88. The second-order valence-corrected chi connectivity index (χ2v) is 4.99. The lowest BCUT2D eigenvalue weighted by Gasteiger charge is -2.34. The van der Waals surface area contributed by atoms with Gasteiger partial charge in [-0.2, -0.15) is 0 Å². The molecule has 0 aromatic carbocycles. The molecule has 4 unspecified atom stereocenters. The van der Waals surface area contributed by atoms with Crippen LogP contribution in [0.1, 0.15) is 40.0 Å². The molecule has 4 atom stereocenters. The maximum Gasteiger partial charge on any atom is 0.0613 e. The highest BCUT2D eigenvalue weighted by atomic mass is 16.5. The van der Waals surface area contributed by atoms with Crippen LogP contribution in [0.25, 0.3) is 0 Å². The summed E-state index contributed by atoms with van der Waals surface area (Å²) >= 11 is 0. The normalized spacial score (nSPS) is 35.6. The van der Waals surface area contributed by atoms with Crippen molar-refractivity contribution in [1.29, 1.82) is 0 Å². The zero-order chi connectivity index (χ0) is 10.6. The van der Waals surface area contributed by atoms with Gasteiger partial charge in [0.25, 0.3) is 0 Å². The largest absolute Gasteiger partial charge is 0.383 e. The van der Waals surface area contributed by atoms with E-state index in [0.29, 0.717) is 12.1 Å². The van der Waals surface area contributed by atoms with Crippen LogP contribution in [0.15, 0.2) is 0 Å². The lowest BCUT2D eigenvalue weighted by molar-refractivity contribution is 0.150. The van der Waals surface area contributed by atoms with Crippen molar-refractivity contribution in [1.82, 2.24) is 5.32 Å². The fraction of sp³-hybridized carbons (Fsp3) is 1.00. The van der Waals surface area contributed by atoms with Crippen LogP contribution in [0.3, 0.4) is 0 Å². The number of ether oxygens (including phenoxy) is 1. The average Bonchev–Trinajstić information content (AvgIpc) is 2.12. The fourth-order valence-corrected chi connectivity index (χ4v) is 2.40. The third-order valence-electron chi connectivity index (χ3n) is 3.54. The zero-order valence-electron chi connectivity index (χ0n) is 10.0. The molecule has 0 amide bonds. The zero-order valence-corrected chi connectivity index (χ0v) is 10.0. The minimum absolute atomic E-state index is 0.491. The molecule has 1 N–H and O–H groups in total. The third-order valence-corrected chi connectivity index (χ3v) is 3.54. The van der Waals surface area contributed by atoms with E-state index in [4.69, 9.17) is 4.74 Å². The molecule has 0 radical (unpaired) electrons. The standard InChI is InChI=1S/C12H25NO/c1-9-5-6-12(7-10(9)2)13-11(3)8-14-4/h9-13H,5-8H2,1-4H3. The minimum Gasteiger partial charge on any atom is -0.383 e. The van der Waals surface area contributed by atoms with Gasteiger partial charge >= 0.3 is 0 Å². The van der Waals surface area contributed by atoms with Crippen LogP contribution < -0.4 is 5.32 Å². The molecule has 0 heterocycles. The molecule has 2 heteroatoms. The second kappa shape index (κ2) is 5.72. The summed E-state index contributed by atoms with van der Waals surface area (Å²) in [6.07, 6.45) is 4.04. The molecule has 0 aromatic heterocycles. The Morgan fingerprint density at radius 2 is 2.00 bits per heavy atom. The Kier molecular flexibility index (Phi) is 4.90. The number of methoxy groups -OCH3 is 1. The SMILES string of the molecule is COCC(C)NC1CCC(C)C(C)C1. The molecule has 0 aromatic rings. The molecule has 14 heavy (non-hydrogen) atoms. The van der Waals surface area contributed by atoms with Gasteiger partial charge in [-0.05, 0) is 38.0 Å². The Bertz CT molecular complexity index is 160. The Balaban J connectivity index is 2.25. The summed E-state index contributed by atoms with van der Waals surface area (Å²) in [6.45, 7) is 7.77. The number of hydrogen-bond donors (Lipinski definition) is 1. The van der Waals surface area contributed by atoms with Crippen molar-refractivity contribution in [2.45, 2.75) is 52.1 Å². The second-order valence-electron chi connectivity index (χ2n) is 4.99. The van der Waals surface area contributed by atoms with E-state index in [1.54, 1.807) is 7.11 Å². The minimum atomic E-state index is 0.491. The average molecular weight is 199 g/mol. The van der Waals surface area contributed by atoms with Crippen LogP contribution in [0.4, 0.5) is 0 Å². The maximum absolute atomic E-state index is 5.13. The lowest BCUT2D eigenvalue weighted by Crippen LogP contribution is -2.42. The number of rotatable bonds is 4. The first-order valence-corrected chi connectivity index (χ1v) is 5.88. The molecule has 0 spiro atoms. The van der Waals surface area contributed by atoms with Crippen molar-refractivity contribution in [3.8, 4) is 0 Å². The molecular weight excluding hydrogens is 174 g/mol. The van der Waals surface area contributed by atoms with Crippen molar-refractivity contribution >= 4 is 0 Å². The van der Waals surface area contributed by atoms with Gasteiger partial charge in [-0.1, -0.05) is 13.8 Å². The van der Waals surface area contributed by atoms with Gasteiger partial charge in [0.2, 0.25) is 0 Å². The smallest absolute Gasteiger partial charge is 0.0613 e. The summed E-state index contributed by atoms with van der Waals surface area (Å²) in [5.74, 6) is 1.78. The first kappa shape index (κ1) is 12.0. The molecule has 1 fully saturated rings. The van der Waals surface area contributed by atoms with Gasteiger partial charge in [0.15, 0.2) is 0 Å². The molecular formula is C12H25NO. The van der Waals surface area contributed by atoms with E-state index in [0.717, 1.165) is 18.4 Å². The van der Waals surface area contributed by atoms with Crippen molar-refractivity contribution in [2.24, 2.45) is 11.8 Å². The Morgan fingerprint density at radius 3 is 2.57 bits per heavy atom. The summed E-state index contributed by atoms with van der Waals surface area (Å²) < 4.78 is 5.13. The van der Waals surface area contributed by atoms with Crippen LogP contribution in [0, 0.1) is 11.8 Å². The molecule has 84 valence electrons. The molecule has 2 nitrogen and oxygen atoms in total. The van der Waals surface area contributed by atoms with E-state index >= 15 is 0 Å². The van der Waals surface area contributed by atoms with Gasteiger partial charge in [0.05, 0.1) is 6.61 Å². The topological polar surface area (TPSA) is 21.3 Å². The van der Waals surface area contributed by atoms with E-state index < -0.39 is 0 Å². The first-order chi connectivity index (χ1) is 6.63. The van der Waals surface area contributed by atoms with Gasteiger partial charge in [0, 0.05) is 19.2 Å². The molecule has 1 aliphatic carbocycles. The van der Waals surface area contributed by atoms with Crippen molar-refractivity contribution < 1.29 is 4.74 Å². The van der Waals surface area contributed by atoms with E-state index in [1.165, 1.54) is 19.3 Å². The van der Waals surface area contributed by atoms with Gasteiger partial charge in [-0.25, -0.2) is 0 Å². The molecule has 0 bridgehead atoms. The van der Waals surface area contributed by atoms with Gasteiger partial charge in [-0.15, -0.1) is 0 Å². The lowest BCUT2D eigenvalue weighted by atomic mass is 9.79. The van der Waals surface area contributed by atoms with Crippen molar-refractivity contribution in [2.75, 3.05) is 13.7 Å². The van der Waals surface area contributed by atoms with Gasteiger partial charge in [0.1, 0.15) is 0 Å². The highest BCUT2D eigenvalue weighted by Crippen LogP contribution is 2.29. The highest BCUT2D eigenvalue weighted by Gasteiger charge is 2.24. The third kappa shape index (κ3) is 3.58. The van der Waals surface area contributed by atoms with E-state index in [9.17, 15) is 0 Å². The predicted molar refractivity (Wildman–Crippen MR) is 60.4 cm³/mol. The predicted octanol–water partition coefficient (Wildman–Crippen LogP) is 2.44. The number of hydrogen-bond acceptors (Lipinski definition) is 2. The summed E-state index contributed by atoms with van der Waals surface area (Å²) in [5.41, 5.74) is 0. The van der Waals surface area contributed by atoms with Crippen LogP contribution in [0.5, 0.6) is 0 Å². The monoisotopic (exact) mass is 199 g/mol. The number of nitrogens with one attached hydrogen (secondary N) is 1. The summed E-state index contributed by atoms with van der Waals surface area (Å²) in [4.78, 5) is 0. The highest BCUT2D eigenvalue weighted by molar-refractivity contribution is 4.81. The quantitative estimate of drug-likeness (QED) is 0.751. The molecule has 1 aliphatic rings. The van der Waals surface area contributed by atoms with Gasteiger partial charge in [-0.3, -0.25) is 0 Å². The van der Waals surface area contributed by atoms with Crippen molar-refractivity contribution in [3.05, 3.63) is 0 Å². The summed E-state index contributed by atoms with van der Waals surface area (Å²) in [5, 5.41) is 3.65. The van der Waals surface area contributed by atoms with Crippen molar-refractivity contribution in [3.63, 3.8) is 0 Å². The van der Waals surface area contributed by atoms with Crippen LogP contribution in [0.2, 0.25) is 0 Å².